The molecule has 4 fully saturated rings. The molecule has 182 valence electrons. The maximum absolute atomic E-state index is 11.1. The van der Waals surface area contributed by atoms with E-state index < -0.39 is 5.97 Å². The fourth-order valence-corrected chi connectivity index (χ4v) is 6.56. The number of carbonyl (C=O) groups is 1. The molecular weight excluding hydrogens is 432 g/mol. The van der Waals surface area contributed by atoms with Crippen molar-refractivity contribution in [3.05, 3.63) is 35.1 Å². The van der Waals surface area contributed by atoms with E-state index in [1.54, 1.807) is 6.20 Å². The van der Waals surface area contributed by atoms with Crippen LogP contribution >= 0.6 is 0 Å². The summed E-state index contributed by atoms with van der Waals surface area (Å²) in [5, 5.41) is 13.7. The molecule has 0 amide bonds. The van der Waals surface area contributed by atoms with Crippen LogP contribution in [-0.4, -0.2) is 44.4 Å². The Balaban J connectivity index is 1.14. The van der Waals surface area contributed by atoms with Gasteiger partial charge in [0, 0.05) is 29.5 Å². The highest BCUT2D eigenvalue weighted by Gasteiger charge is 2.43. The molecule has 8 heteroatoms. The zero-order valence-corrected chi connectivity index (χ0v) is 19.9. The monoisotopic (exact) mass is 466 g/mol. The van der Waals surface area contributed by atoms with Crippen molar-refractivity contribution in [2.24, 2.45) is 5.92 Å². The van der Waals surface area contributed by atoms with Crippen molar-refractivity contribution in [1.82, 2.24) is 15.1 Å². The third-order valence-electron chi connectivity index (χ3n) is 8.53. The van der Waals surface area contributed by atoms with Gasteiger partial charge in [0.1, 0.15) is 11.6 Å². The smallest absolute Gasteiger partial charge is 0.356 e. The predicted molar refractivity (Wildman–Crippen MR) is 125 cm³/mol. The number of hydrogen-bond donors (Lipinski definition) is 1. The van der Waals surface area contributed by atoms with E-state index in [2.05, 4.69) is 26.9 Å². The molecule has 2 aliphatic carbocycles. The average Bonchev–Trinajstić information content (AvgIpc) is 3.55. The maximum atomic E-state index is 11.1. The minimum atomic E-state index is -1.05. The van der Waals surface area contributed by atoms with E-state index in [0.717, 1.165) is 37.3 Å². The van der Waals surface area contributed by atoms with Gasteiger partial charge in [0.25, 0.3) is 0 Å². The van der Waals surface area contributed by atoms with Crippen LogP contribution in [-0.2, 0) is 11.3 Å². The Morgan fingerprint density at radius 1 is 1.09 bits per heavy atom. The largest absolute Gasteiger partial charge is 0.476 e. The molecule has 1 N–H and O–H groups in total. The highest BCUT2D eigenvalue weighted by atomic mass is 16.5. The highest BCUT2D eigenvalue weighted by Crippen LogP contribution is 2.47. The second-order valence-corrected chi connectivity index (χ2v) is 10.8. The van der Waals surface area contributed by atoms with E-state index in [1.807, 2.05) is 0 Å². The number of fused-ring (bicyclic) bond motifs is 2. The van der Waals surface area contributed by atoms with Gasteiger partial charge in [-0.15, -0.1) is 0 Å². The van der Waals surface area contributed by atoms with Crippen LogP contribution in [0.3, 0.4) is 0 Å². The average molecular weight is 467 g/mol. The summed E-state index contributed by atoms with van der Waals surface area (Å²) in [5.74, 6) is 2.49. The van der Waals surface area contributed by atoms with Crippen molar-refractivity contribution >= 4 is 11.8 Å². The van der Waals surface area contributed by atoms with Gasteiger partial charge in [-0.1, -0.05) is 31.3 Å². The summed E-state index contributed by atoms with van der Waals surface area (Å²) in [6.45, 7) is 2.96. The first-order chi connectivity index (χ1) is 16.6. The van der Waals surface area contributed by atoms with Gasteiger partial charge in [0.15, 0.2) is 5.69 Å². The first-order valence-electron chi connectivity index (χ1n) is 13.0. The number of carboxylic acid groups (broad SMARTS) is 1. The Morgan fingerprint density at radius 3 is 2.50 bits per heavy atom. The molecule has 0 spiro atoms. The quantitative estimate of drug-likeness (QED) is 0.605. The van der Waals surface area contributed by atoms with E-state index in [-0.39, 0.29) is 11.8 Å². The van der Waals surface area contributed by atoms with Gasteiger partial charge in [-0.3, -0.25) is 0 Å². The molecule has 4 heterocycles. The summed E-state index contributed by atoms with van der Waals surface area (Å²) < 4.78 is 12.5. The highest BCUT2D eigenvalue weighted by molar-refractivity contribution is 5.84. The maximum Gasteiger partial charge on any atom is 0.356 e. The van der Waals surface area contributed by atoms with Crippen LogP contribution in [0.4, 0.5) is 5.82 Å². The van der Waals surface area contributed by atoms with Crippen LogP contribution in [0.5, 0.6) is 0 Å². The second-order valence-electron chi connectivity index (χ2n) is 10.8. The number of anilines is 1. The summed E-state index contributed by atoms with van der Waals surface area (Å²) >= 11 is 0. The number of ether oxygens (including phenoxy) is 1. The van der Waals surface area contributed by atoms with Crippen molar-refractivity contribution < 1.29 is 19.2 Å². The molecule has 2 bridgehead atoms. The number of hydrogen-bond acceptors (Lipinski definition) is 7. The van der Waals surface area contributed by atoms with E-state index in [1.165, 1.54) is 56.0 Å². The predicted octanol–water partition coefficient (Wildman–Crippen LogP) is 5.05. The lowest BCUT2D eigenvalue weighted by molar-refractivity contribution is 0.0138. The Morgan fingerprint density at radius 2 is 1.85 bits per heavy atom. The molecular formula is C26H34N4O4. The van der Waals surface area contributed by atoms with Gasteiger partial charge >= 0.3 is 5.97 Å². The Kier molecular flexibility index (Phi) is 5.79. The van der Waals surface area contributed by atoms with Crippen LogP contribution in [0.15, 0.2) is 16.9 Å². The van der Waals surface area contributed by atoms with Crippen molar-refractivity contribution in [3.63, 3.8) is 0 Å². The van der Waals surface area contributed by atoms with Crippen molar-refractivity contribution in [3.8, 4) is 0 Å². The lowest BCUT2D eigenvalue weighted by atomic mass is 9.77. The number of carboxylic acids is 1. The van der Waals surface area contributed by atoms with Crippen LogP contribution in [0.1, 0.15) is 110 Å². The van der Waals surface area contributed by atoms with Gasteiger partial charge < -0.3 is 19.3 Å². The molecule has 2 aromatic heterocycles. The molecule has 2 aliphatic heterocycles. The second kappa shape index (κ2) is 8.95. The minimum Gasteiger partial charge on any atom is -0.476 e. The first kappa shape index (κ1) is 22.0. The van der Waals surface area contributed by atoms with Crippen LogP contribution in [0.25, 0.3) is 0 Å². The van der Waals surface area contributed by atoms with Gasteiger partial charge in [0.05, 0.1) is 30.8 Å². The molecule has 3 unspecified atom stereocenters. The molecule has 0 aromatic carbocycles. The SMILES string of the molecule is CC1CCCCC1c1noc(C2CC2)c1CO[C@@H]1CC2CC[C@@H](C1)N2c1cnc(C(=O)O)cn1. The van der Waals surface area contributed by atoms with Crippen LogP contribution in [0, 0.1) is 5.92 Å². The summed E-state index contributed by atoms with van der Waals surface area (Å²) in [5.41, 5.74) is 2.40. The van der Waals surface area contributed by atoms with Crippen LogP contribution < -0.4 is 4.90 Å². The van der Waals surface area contributed by atoms with E-state index in [4.69, 9.17) is 14.4 Å². The first-order valence-corrected chi connectivity index (χ1v) is 13.0. The van der Waals surface area contributed by atoms with Crippen molar-refractivity contribution in [1.29, 1.82) is 0 Å². The van der Waals surface area contributed by atoms with Gasteiger partial charge in [-0.2, -0.15) is 0 Å². The third-order valence-corrected chi connectivity index (χ3v) is 8.53. The molecule has 4 aliphatic rings. The van der Waals surface area contributed by atoms with E-state index >= 15 is 0 Å². The van der Waals surface area contributed by atoms with Gasteiger partial charge in [-0.05, 0) is 50.9 Å². The Labute approximate surface area is 200 Å². The molecule has 2 saturated heterocycles. The molecule has 2 saturated carbocycles. The van der Waals surface area contributed by atoms with Crippen molar-refractivity contribution in [2.45, 2.75) is 108 Å². The summed E-state index contributed by atoms with van der Waals surface area (Å²) in [6, 6.07) is 0.717. The zero-order chi connectivity index (χ0) is 23.2. The zero-order valence-electron chi connectivity index (χ0n) is 19.9. The number of piperidine rings is 1. The van der Waals surface area contributed by atoms with Crippen molar-refractivity contribution in [2.75, 3.05) is 4.90 Å². The van der Waals surface area contributed by atoms with E-state index in [0.29, 0.717) is 36.4 Å². The molecule has 2 aromatic rings. The third kappa shape index (κ3) is 4.10. The fraction of sp³-hybridized carbons (Fsp3) is 0.692. The fourth-order valence-electron chi connectivity index (χ4n) is 6.56. The lowest BCUT2D eigenvalue weighted by Crippen LogP contribution is -2.46. The summed E-state index contributed by atoms with van der Waals surface area (Å²) in [7, 11) is 0. The molecule has 5 atom stereocenters. The van der Waals surface area contributed by atoms with Gasteiger partial charge in [0.2, 0.25) is 0 Å². The van der Waals surface area contributed by atoms with Crippen LogP contribution in [0.2, 0.25) is 0 Å². The Bertz CT molecular complexity index is 1020. The Hall–Kier alpha value is -2.48. The summed E-state index contributed by atoms with van der Waals surface area (Å²) in [6.07, 6.45) is 14.8. The lowest BCUT2D eigenvalue weighted by Gasteiger charge is -2.39. The topological polar surface area (TPSA) is 102 Å². The molecule has 8 nitrogen and oxygen atoms in total. The normalized spacial score (nSPS) is 31.1. The number of aromatic carboxylic acids is 1. The minimum absolute atomic E-state index is 0.0161. The molecule has 0 radical (unpaired) electrons. The molecule has 34 heavy (non-hydrogen) atoms. The molecule has 6 rings (SSSR count). The number of nitrogens with zero attached hydrogens (tertiary/aromatic N) is 4. The number of rotatable bonds is 7. The number of aromatic nitrogens is 3. The summed E-state index contributed by atoms with van der Waals surface area (Å²) in [4.78, 5) is 21.9. The van der Waals surface area contributed by atoms with E-state index in [9.17, 15) is 4.79 Å². The standard InChI is InChI=1S/C26H34N4O4/c1-15-4-2-3-5-20(15)24-21(25(34-29-24)16-6-7-16)14-33-19-10-17-8-9-18(11-19)30(17)23-13-27-22(12-28-23)26(31)32/h12-13,15-20H,2-11,14H2,1H3,(H,31,32)/t15?,17-,18?,19-,20?/m0/s1. The van der Waals surface area contributed by atoms with Gasteiger partial charge in [-0.25, -0.2) is 14.8 Å².